The lowest BCUT2D eigenvalue weighted by molar-refractivity contribution is -0.384. The van der Waals surface area contributed by atoms with Crippen LogP contribution in [0, 0.1) is 10.1 Å². The minimum atomic E-state index is -0.477. The number of nitrogens with one attached hydrogen (secondary N) is 1. The second kappa shape index (κ2) is 3.56. The smallest absolute Gasteiger partial charge is 0.269 e. The van der Waals surface area contributed by atoms with Crippen molar-refractivity contribution in [3.63, 3.8) is 0 Å². The number of benzene rings is 1. The Morgan fingerprint density at radius 3 is 2.47 bits per heavy atom. The number of β-lactam (4-membered cyclic amide) rings is 1. The number of carbonyl (C=O) groups excluding carboxylic acids is 1. The molecule has 1 heterocycles. The average Bonchev–Trinajstić information content (AvgIpc) is 2.16. The summed E-state index contributed by atoms with van der Waals surface area (Å²) < 4.78 is 5.30. The number of carbonyl (C=O) groups is 1. The summed E-state index contributed by atoms with van der Waals surface area (Å²) in [5.74, 6) is 0.451. The molecule has 1 N–H and O–H groups in total. The fraction of sp³-hybridized carbons (Fsp3) is 0.222. The molecular formula is C9H8N2O4. The normalized spacial score (nSPS) is 18.9. The molecule has 2 rings (SSSR count). The first kappa shape index (κ1) is 9.45. The zero-order valence-electron chi connectivity index (χ0n) is 7.67. The van der Waals surface area contributed by atoms with Crippen LogP contribution in [0.25, 0.3) is 0 Å². The fourth-order valence-corrected chi connectivity index (χ4v) is 1.21. The van der Waals surface area contributed by atoms with E-state index in [1.807, 2.05) is 0 Å². The maximum absolute atomic E-state index is 10.6. The number of nitro benzene ring substituents is 1. The van der Waals surface area contributed by atoms with Gasteiger partial charge in [0, 0.05) is 12.1 Å². The van der Waals surface area contributed by atoms with Crippen molar-refractivity contribution in [2.45, 2.75) is 12.6 Å². The van der Waals surface area contributed by atoms with Crippen LogP contribution in [0.15, 0.2) is 24.3 Å². The van der Waals surface area contributed by atoms with Crippen molar-refractivity contribution in [1.29, 1.82) is 0 Å². The van der Waals surface area contributed by atoms with E-state index in [0.717, 1.165) is 0 Å². The van der Waals surface area contributed by atoms with E-state index in [9.17, 15) is 14.9 Å². The van der Waals surface area contributed by atoms with Gasteiger partial charge in [0.1, 0.15) is 5.75 Å². The molecule has 6 nitrogen and oxygen atoms in total. The van der Waals surface area contributed by atoms with Gasteiger partial charge in [-0.2, -0.15) is 0 Å². The van der Waals surface area contributed by atoms with Gasteiger partial charge in [0.25, 0.3) is 5.69 Å². The Balaban J connectivity index is 1.98. The maximum Gasteiger partial charge on any atom is 0.269 e. The van der Waals surface area contributed by atoms with Crippen LogP contribution in [0.1, 0.15) is 6.42 Å². The SMILES string of the molecule is O=C1C[C@H](Oc2ccc([N+](=O)[O-])cc2)N1. The highest BCUT2D eigenvalue weighted by Gasteiger charge is 2.26. The topological polar surface area (TPSA) is 81.5 Å². The summed E-state index contributed by atoms with van der Waals surface area (Å²) in [7, 11) is 0. The van der Waals surface area contributed by atoms with E-state index in [2.05, 4.69) is 5.32 Å². The standard InChI is InChI=1S/C9H8N2O4/c12-8-5-9(10-8)15-7-3-1-6(2-4-7)11(13)14/h1-4,9H,5H2,(H,10,12)/t9-/m0/s1. The second-order valence-electron chi connectivity index (χ2n) is 3.13. The van der Waals surface area contributed by atoms with Gasteiger partial charge in [-0.05, 0) is 12.1 Å². The number of nitro groups is 1. The van der Waals surface area contributed by atoms with Gasteiger partial charge in [0.15, 0.2) is 6.23 Å². The molecule has 1 aromatic rings. The number of ether oxygens (including phenoxy) is 1. The molecular weight excluding hydrogens is 200 g/mol. The Morgan fingerprint density at radius 2 is 2.00 bits per heavy atom. The van der Waals surface area contributed by atoms with Gasteiger partial charge in [0.05, 0.1) is 11.3 Å². The summed E-state index contributed by atoms with van der Waals surface area (Å²) in [6, 6.07) is 5.72. The Hall–Kier alpha value is -2.11. The summed E-state index contributed by atoms with van der Waals surface area (Å²) in [4.78, 5) is 20.4. The summed E-state index contributed by atoms with van der Waals surface area (Å²) in [6.07, 6.45) is 0.0238. The minimum absolute atomic E-state index is 0.0139. The third-order valence-electron chi connectivity index (χ3n) is 2.02. The summed E-state index contributed by atoms with van der Waals surface area (Å²) in [6.45, 7) is 0. The Labute approximate surface area is 85.0 Å². The molecule has 0 saturated carbocycles. The molecule has 0 unspecified atom stereocenters. The van der Waals surface area contributed by atoms with E-state index in [1.165, 1.54) is 24.3 Å². The van der Waals surface area contributed by atoms with Crippen LogP contribution in [0.2, 0.25) is 0 Å². The fourth-order valence-electron chi connectivity index (χ4n) is 1.21. The highest BCUT2D eigenvalue weighted by molar-refractivity contribution is 5.82. The molecule has 0 spiro atoms. The lowest BCUT2D eigenvalue weighted by atomic mass is 10.2. The van der Waals surface area contributed by atoms with Gasteiger partial charge in [-0.25, -0.2) is 0 Å². The summed E-state index contributed by atoms with van der Waals surface area (Å²) in [5.41, 5.74) is 0.0139. The number of amides is 1. The van der Waals surface area contributed by atoms with Gasteiger partial charge in [-0.1, -0.05) is 0 Å². The Bertz CT molecular complexity index is 393. The number of hydrogen-bond donors (Lipinski definition) is 1. The third kappa shape index (κ3) is 2.04. The first-order valence-corrected chi connectivity index (χ1v) is 4.35. The van der Waals surface area contributed by atoms with E-state index in [1.54, 1.807) is 0 Å². The van der Waals surface area contributed by atoms with Crippen LogP contribution in [0.3, 0.4) is 0 Å². The van der Waals surface area contributed by atoms with Crippen molar-refractivity contribution in [1.82, 2.24) is 5.32 Å². The molecule has 0 radical (unpaired) electrons. The number of hydrogen-bond acceptors (Lipinski definition) is 4. The predicted octanol–water partition coefficient (Wildman–Crippen LogP) is 0.820. The van der Waals surface area contributed by atoms with Crippen molar-refractivity contribution >= 4 is 11.6 Å². The average molecular weight is 208 g/mol. The minimum Gasteiger partial charge on any atom is -0.470 e. The Kier molecular flexibility index (Phi) is 2.24. The third-order valence-corrected chi connectivity index (χ3v) is 2.02. The highest BCUT2D eigenvalue weighted by atomic mass is 16.6. The molecule has 78 valence electrons. The van der Waals surface area contributed by atoms with Crippen LogP contribution < -0.4 is 10.1 Å². The van der Waals surface area contributed by atoms with Crippen LogP contribution in [-0.4, -0.2) is 17.1 Å². The summed E-state index contributed by atoms with van der Waals surface area (Å²) in [5, 5.41) is 12.9. The quantitative estimate of drug-likeness (QED) is 0.453. The maximum atomic E-state index is 10.6. The first-order chi connectivity index (χ1) is 7.15. The van der Waals surface area contributed by atoms with Gasteiger partial charge in [-0.15, -0.1) is 0 Å². The monoisotopic (exact) mass is 208 g/mol. The number of nitrogens with zero attached hydrogens (tertiary/aromatic N) is 1. The van der Waals surface area contributed by atoms with Crippen LogP contribution in [0.4, 0.5) is 5.69 Å². The molecule has 1 aromatic carbocycles. The molecule has 1 aliphatic rings. The van der Waals surface area contributed by atoms with Crippen molar-refractivity contribution in [3.05, 3.63) is 34.4 Å². The lowest BCUT2D eigenvalue weighted by Crippen LogP contribution is -2.51. The number of rotatable bonds is 3. The van der Waals surface area contributed by atoms with Gasteiger partial charge in [0.2, 0.25) is 5.91 Å². The molecule has 0 aromatic heterocycles. The number of non-ortho nitro benzene ring substituents is 1. The van der Waals surface area contributed by atoms with Crippen molar-refractivity contribution in [3.8, 4) is 5.75 Å². The molecule has 1 atom stereocenters. The first-order valence-electron chi connectivity index (χ1n) is 4.35. The van der Waals surface area contributed by atoms with Crippen LogP contribution in [-0.2, 0) is 4.79 Å². The van der Waals surface area contributed by atoms with E-state index >= 15 is 0 Å². The van der Waals surface area contributed by atoms with Crippen molar-refractivity contribution in [2.24, 2.45) is 0 Å². The van der Waals surface area contributed by atoms with Crippen LogP contribution in [0.5, 0.6) is 5.75 Å². The Morgan fingerprint density at radius 1 is 1.40 bits per heavy atom. The predicted molar refractivity (Wildman–Crippen MR) is 50.3 cm³/mol. The molecule has 1 amide bonds. The molecule has 0 bridgehead atoms. The summed E-state index contributed by atoms with van der Waals surface area (Å²) >= 11 is 0. The molecule has 0 aliphatic carbocycles. The van der Waals surface area contributed by atoms with E-state index in [0.29, 0.717) is 12.2 Å². The second-order valence-corrected chi connectivity index (χ2v) is 3.13. The van der Waals surface area contributed by atoms with E-state index in [4.69, 9.17) is 4.74 Å². The van der Waals surface area contributed by atoms with Gasteiger partial charge in [-0.3, -0.25) is 14.9 Å². The van der Waals surface area contributed by atoms with Crippen molar-refractivity contribution < 1.29 is 14.5 Å². The molecule has 6 heteroatoms. The zero-order valence-corrected chi connectivity index (χ0v) is 7.67. The molecule has 1 aliphatic heterocycles. The van der Waals surface area contributed by atoms with Crippen molar-refractivity contribution in [2.75, 3.05) is 0 Å². The molecule has 15 heavy (non-hydrogen) atoms. The van der Waals surface area contributed by atoms with E-state index < -0.39 is 4.92 Å². The zero-order chi connectivity index (χ0) is 10.8. The van der Waals surface area contributed by atoms with Gasteiger partial charge >= 0.3 is 0 Å². The van der Waals surface area contributed by atoms with Crippen LogP contribution >= 0.6 is 0 Å². The van der Waals surface area contributed by atoms with E-state index in [-0.39, 0.29) is 17.8 Å². The molecule has 1 fully saturated rings. The lowest BCUT2D eigenvalue weighted by Gasteiger charge is -2.27. The van der Waals surface area contributed by atoms with Gasteiger partial charge < -0.3 is 10.1 Å². The highest BCUT2D eigenvalue weighted by Crippen LogP contribution is 2.19. The molecule has 1 saturated heterocycles. The largest absolute Gasteiger partial charge is 0.470 e.